The maximum Gasteiger partial charge on any atom is 0.290 e. The fraction of sp³-hybridized carbons (Fsp3) is 0.519. The molecule has 1 aromatic heterocycles. The zero-order valence-corrected chi connectivity index (χ0v) is 22.2. The van der Waals surface area contributed by atoms with Crippen LogP contribution in [0.3, 0.4) is 0 Å². The largest absolute Gasteiger partial charge is 0.494 e. The van der Waals surface area contributed by atoms with Gasteiger partial charge in [0, 0.05) is 43.7 Å². The first-order valence-electron chi connectivity index (χ1n) is 12.1. The average molecular weight is 517 g/mol. The summed E-state index contributed by atoms with van der Waals surface area (Å²) in [5, 5.41) is 16.0. The Hall–Kier alpha value is -3.26. The highest BCUT2D eigenvalue weighted by Crippen LogP contribution is 2.23. The van der Waals surface area contributed by atoms with Crippen LogP contribution in [0.1, 0.15) is 38.3 Å². The smallest absolute Gasteiger partial charge is 0.290 e. The van der Waals surface area contributed by atoms with E-state index in [-0.39, 0.29) is 24.1 Å². The lowest BCUT2D eigenvalue weighted by atomic mass is 10.0. The highest BCUT2D eigenvalue weighted by atomic mass is 19.1. The molecular weight excluding hydrogens is 479 g/mol. The summed E-state index contributed by atoms with van der Waals surface area (Å²) in [6.07, 6.45) is 1.88. The van der Waals surface area contributed by atoms with Gasteiger partial charge in [-0.25, -0.2) is 9.37 Å². The topological polar surface area (TPSA) is 108 Å². The second-order valence-electron chi connectivity index (χ2n) is 9.82. The van der Waals surface area contributed by atoms with Gasteiger partial charge in [-0.05, 0) is 57.6 Å². The minimum atomic E-state index is -0.405. The molecule has 37 heavy (non-hydrogen) atoms. The number of rotatable bonds is 9. The maximum atomic E-state index is 14.2. The molecule has 3 rings (SSSR count). The standard InChI is InChI=1S/C26H35FN4O3.CH2O2/c1-26(2,3)30(4)15-21-17-33-25(34-18-21)10-11-31(24-9-7-20(13-28)14-29-24)16-19-6-8-23(32-5)22(27)12-19;2-1-3/h6-9,12,14,21,25H,10-11,15-18H2,1-5H3;1H,(H,2,3). The van der Waals surface area contributed by atoms with E-state index in [1.807, 2.05) is 11.0 Å². The molecule has 0 aliphatic carbocycles. The number of anilines is 1. The van der Waals surface area contributed by atoms with Gasteiger partial charge in [0.15, 0.2) is 17.9 Å². The van der Waals surface area contributed by atoms with E-state index in [1.165, 1.54) is 13.2 Å². The molecule has 2 heterocycles. The van der Waals surface area contributed by atoms with Crippen molar-refractivity contribution in [1.29, 1.82) is 5.26 Å². The van der Waals surface area contributed by atoms with Crippen LogP contribution in [0.4, 0.5) is 10.2 Å². The average Bonchev–Trinajstić information content (AvgIpc) is 2.87. The van der Waals surface area contributed by atoms with Gasteiger partial charge >= 0.3 is 0 Å². The predicted octanol–water partition coefficient (Wildman–Crippen LogP) is 3.92. The fourth-order valence-electron chi connectivity index (χ4n) is 3.72. The summed E-state index contributed by atoms with van der Waals surface area (Å²) in [5.41, 5.74) is 1.39. The molecule has 1 fully saturated rings. The van der Waals surface area contributed by atoms with Crippen molar-refractivity contribution < 1.29 is 28.5 Å². The lowest BCUT2D eigenvalue weighted by Crippen LogP contribution is -2.45. The molecule has 0 spiro atoms. The Morgan fingerprint density at radius 2 is 1.95 bits per heavy atom. The molecule has 1 saturated heterocycles. The van der Waals surface area contributed by atoms with Gasteiger partial charge in [0.05, 0.1) is 25.9 Å². The number of aromatic nitrogens is 1. The van der Waals surface area contributed by atoms with Crippen LogP contribution in [0.5, 0.6) is 5.75 Å². The molecule has 1 aromatic carbocycles. The summed E-state index contributed by atoms with van der Waals surface area (Å²) in [5.74, 6) is 0.843. The van der Waals surface area contributed by atoms with Gasteiger partial charge in [-0.1, -0.05) is 6.07 Å². The number of hydrogen-bond acceptors (Lipinski definition) is 8. The highest BCUT2D eigenvalue weighted by Gasteiger charge is 2.27. The summed E-state index contributed by atoms with van der Waals surface area (Å²) >= 11 is 0. The van der Waals surface area contributed by atoms with E-state index in [2.05, 4.69) is 43.8 Å². The number of benzene rings is 1. The number of nitrogens with zero attached hydrogens (tertiary/aromatic N) is 4. The molecule has 0 bridgehead atoms. The summed E-state index contributed by atoms with van der Waals surface area (Å²) in [7, 11) is 3.57. The van der Waals surface area contributed by atoms with Crippen molar-refractivity contribution in [3.8, 4) is 11.8 Å². The Balaban J connectivity index is 0.00000153. The monoisotopic (exact) mass is 516 g/mol. The minimum Gasteiger partial charge on any atom is -0.494 e. The molecule has 202 valence electrons. The first kappa shape index (κ1) is 30.0. The lowest BCUT2D eigenvalue weighted by Gasteiger charge is -2.37. The van der Waals surface area contributed by atoms with Crippen LogP contribution in [0.15, 0.2) is 36.5 Å². The van der Waals surface area contributed by atoms with Crippen molar-refractivity contribution in [2.75, 3.05) is 45.4 Å². The molecule has 0 atom stereocenters. The summed E-state index contributed by atoms with van der Waals surface area (Å²) < 4.78 is 31.3. The number of hydrogen-bond donors (Lipinski definition) is 1. The summed E-state index contributed by atoms with van der Waals surface area (Å²) in [6, 6.07) is 10.5. The van der Waals surface area contributed by atoms with E-state index in [9.17, 15) is 4.39 Å². The van der Waals surface area contributed by atoms with E-state index in [1.54, 1.807) is 24.4 Å². The van der Waals surface area contributed by atoms with Crippen molar-refractivity contribution in [3.63, 3.8) is 0 Å². The van der Waals surface area contributed by atoms with Crippen molar-refractivity contribution in [2.45, 2.75) is 45.6 Å². The van der Waals surface area contributed by atoms with Crippen LogP contribution >= 0.6 is 0 Å². The Bertz CT molecular complexity index is 1010. The summed E-state index contributed by atoms with van der Waals surface area (Å²) in [4.78, 5) is 17.1. The molecular formula is C27H37FN4O5. The van der Waals surface area contributed by atoms with E-state index < -0.39 is 5.82 Å². The number of carbonyl (C=O) groups is 1. The molecule has 1 aliphatic heterocycles. The number of ether oxygens (including phenoxy) is 3. The molecule has 1 N–H and O–H groups in total. The van der Waals surface area contributed by atoms with Gasteiger partial charge in [0.25, 0.3) is 6.47 Å². The Labute approximate surface area is 218 Å². The van der Waals surface area contributed by atoms with E-state index in [4.69, 9.17) is 29.4 Å². The van der Waals surface area contributed by atoms with Crippen molar-refractivity contribution in [2.24, 2.45) is 5.92 Å². The molecule has 9 nitrogen and oxygen atoms in total. The van der Waals surface area contributed by atoms with Crippen LogP contribution in [0.25, 0.3) is 0 Å². The van der Waals surface area contributed by atoms with Gasteiger partial charge < -0.3 is 29.1 Å². The SMILES string of the molecule is COc1ccc(CN(CCC2OCC(CN(C)C(C)(C)C)CO2)c2ccc(C#N)cn2)cc1F.O=CO. The van der Waals surface area contributed by atoms with Gasteiger partial charge in [-0.3, -0.25) is 4.79 Å². The first-order valence-corrected chi connectivity index (χ1v) is 12.1. The molecule has 0 unspecified atom stereocenters. The molecule has 0 radical (unpaired) electrons. The maximum absolute atomic E-state index is 14.2. The van der Waals surface area contributed by atoms with Crippen LogP contribution in [0, 0.1) is 23.1 Å². The number of halogens is 1. The van der Waals surface area contributed by atoms with Crippen molar-refractivity contribution in [1.82, 2.24) is 9.88 Å². The van der Waals surface area contributed by atoms with Gasteiger partial charge in [-0.2, -0.15) is 5.26 Å². The molecule has 0 saturated carbocycles. The Morgan fingerprint density at radius 3 is 2.46 bits per heavy atom. The molecule has 2 aromatic rings. The first-order chi connectivity index (χ1) is 17.6. The number of methoxy groups -OCH3 is 1. The number of nitriles is 1. The third-order valence-corrected chi connectivity index (χ3v) is 6.14. The number of pyridine rings is 1. The Kier molecular flexibility index (Phi) is 11.7. The third-order valence-electron chi connectivity index (χ3n) is 6.14. The Morgan fingerprint density at radius 1 is 1.27 bits per heavy atom. The quantitative estimate of drug-likeness (QED) is 0.496. The lowest BCUT2D eigenvalue weighted by molar-refractivity contribution is -0.204. The van der Waals surface area contributed by atoms with Crippen molar-refractivity contribution >= 4 is 12.3 Å². The van der Waals surface area contributed by atoms with Crippen molar-refractivity contribution in [3.05, 3.63) is 53.5 Å². The molecule has 10 heteroatoms. The van der Waals surface area contributed by atoms with Crippen LogP contribution in [-0.2, 0) is 20.8 Å². The summed E-state index contributed by atoms with van der Waals surface area (Å²) in [6.45, 7) is 9.62. The minimum absolute atomic E-state index is 0.104. The normalized spacial score (nSPS) is 17.4. The number of carboxylic acid groups (broad SMARTS) is 1. The van der Waals surface area contributed by atoms with Gasteiger partial charge in [-0.15, -0.1) is 0 Å². The fourth-order valence-corrected chi connectivity index (χ4v) is 3.72. The van der Waals surface area contributed by atoms with E-state index in [0.717, 1.165) is 12.1 Å². The van der Waals surface area contributed by atoms with Crippen LogP contribution in [0.2, 0.25) is 0 Å². The second-order valence-corrected chi connectivity index (χ2v) is 9.82. The molecule has 0 amide bonds. The second kappa shape index (κ2) is 14.5. The van der Waals surface area contributed by atoms with E-state index >= 15 is 0 Å². The third kappa shape index (κ3) is 9.61. The van der Waals surface area contributed by atoms with Crippen LogP contribution < -0.4 is 9.64 Å². The van der Waals surface area contributed by atoms with Gasteiger partial charge in [0.2, 0.25) is 0 Å². The zero-order valence-electron chi connectivity index (χ0n) is 22.2. The molecule has 1 aliphatic rings. The highest BCUT2D eigenvalue weighted by molar-refractivity contribution is 5.43. The van der Waals surface area contributed by atoms with Gasteiger partial charge in [0.1, 0.15) is 11.9 Å². The van der Waals surface area contributed by atoms with Crippen LogP contribution in [-0.4, -0.2) is 73.8 Å². The van der Waals surface area contributed by atoms with E-state index in [0.29, 0.717) is 50.0 Å². The zero-order chi connectivity index (χ0) is 27.4. The predicted molar refractivity (Wildman–Crippen MR) is 138 cm³/mol.